The van der Waals surface area contributed by atoms with Crippen LogP contribution < -0.4 is 15.7 Å². The van der Waals surface area contributed by atoms with Gasteiger partial charge in [-0.2, -0.15) is 0 Å². The van der Waals surface area contributed by atoms with Gasteiger partial charge in [-0.1, -0.05) is 19.9 Å². The van der Waals surface area contributed by atoms with E-state index >= 15 is 0 Å². The Balaban J connectivity index is 1.57. The van der Waals surface area contributed by atoms with Gasteiger partial charge in [0.05, 0.1) is 12.3 Å². The number of H-pyrrole nitrogens is 1. The fourth-order valence-corrected chi connectivity index (χ4v) is 4.19. The first-order valence-electron chi connectivity index (χ1n) is 12.3. The Hall–Kier alpha value is -3.63. The second-order valence-electron chi connectivity index (χ2n) is 9.82. The lowest BCUT2D eigenvalue weighted by atomic mass is 10.0. The molecule has 2 atom stereocenters. The summed E-state index contributed by atoms with van der Waals surface area (Å²) in [6, 6.07) is 10.0. The van der Waals surface area contributed by atoms with Gasteiger partial charge >= 0.3 is 5.69 Å². The fourth-order valence-electron chi connectivity index (χ4n) is 4.19. The number of carbonyl (C=O) groups excluding carboxylic acids is 1. The van der Waals surface area contributed by atoms with Crippen LogP contribution in [0.1, 0.15) is 50.6 Å². The highest BCUT2D eigenvalue weighted by Crippen LogP contribution is 2.41. The van der Waals surface area contributed by atoms with Gasteiger partial charge in [-0.05, 0) is 73.1 Å². The van der Waals surface area contributed by atoms with E-state index in [1.54, 1.807) is 30.3 Å². The minimum absolute atomic E-state index is 0.00630. The van der Waals surface area contributed by atoms with E-state index in [1.807, 2.05) is 13.8 Å². The van der Waals surface area contributed by atoms with Gasteiger partial charge in [0.2, 0.25) is 11.8 Å². The van der Waals surface area contributed by atoms with Crippen LogP contribution in [0.2, 0.25) is 0 Å². The van der Waals surface area contributed by atoms with Crippen LogP contribution in [0.25, 0.3) is 11.3 Å². The zero-order valence-corrected chi connectivity index (χ0v) is 20.8. The summed E-state index contributed by atoms with van der Waals surface area (Å²) in [7, 11) is 0. The van der Waals surface area contributed by atoms with Crippen molar-refractivity contribution in [3.63, 3.8) is 0 Å². The number of hydrogen-bond acceptors (Lipinski definition) is 6. The van der Waals surface area contributed by atoms with Crippen molar-refractivity contribution in [2.24, 2.45) is 5.92 Å². The lowest BCUT2D eigenvalue weighted by Crippen LogP contribution is -2.33. The second kappa shape index (κ2) is 11.2. The van der Waals surface area contributed by atoms with Crippen LogP contribution in [-0.2, 0) is 4.79 Å². The van der Waals surface area contributed by atoms with Gasteiger partial charge in [-0.3, -0.25) is 9.36 Å². The summed E-state index contributed by atoms with van der Waals surface area (Å²) in [6.07, 6.45) is 1.28. The number of aromatic hydroxyl groups is 1. The van der Waals surface area contributed by atoms with Gasteiger partial charge < -0.3 is 30.4 Å². The molecule has 1 heterocycles. The molecule has 0 aliphatic heterocycles. The number of amides is 1. The van der Waals surface area contributed by atoms with Crippen molar-refractivity contribution >= 4 is 11.6 Å². The second-order valence-corrected chi connectivity index (χ2v) is 9.82. The summed E-state index contributed by atoms with van der Waals surface area (Å²) >= 11 is 0. The molecular weight excluding hydrogens is 481 g/mol. The molecule has 0 spiro atoms. The third kappa shape index (κ3) is 6.20. The van der Waals surface area contributed by atoms with Gasteiger partial charge in [0.25, 0.3) is 0 Å². The zero-order chi connectivity index (χ0) is 26.7. The molecule has 5 N–H and O–H groups in total. The predicted molar refractivity (Wildman–Crippen MR) is 136 cm³/mol. The van der Waals surface area contributed by atoms with Gasteiger partial charge in [-0.15, -0.1) is 0 Å². The number of anilines is 1. The molecule has 1 aromatic heterocycles. The number of ether oxygens (including phenoxy) is 1. The van der Waals surface area contributed by atoms with Crippen LogP contribution in [-0.4, -0.2) is 50.1 Å². The summed E-state index contributed by atoms with van der Waals surface area (Å²) in [5.74, 6) is -0.783. The number of carbonyl (C=O) groups is 1. The molecule has 0 unspecified atom stereocenters. The van der Waals surface area contributed by atoms with Crippen LogP contribution >= 0.6 is 0 Å². The number of aliphatic hydroxyl groups excluding tert-OH is 2. The average molecular weight is 514 g/mol. The van der Waals surface area contributed by atoms with E-state index in [1.165, 1.54) is 12.1 Å². The van der Waals surface area contributed by atoms with E-state index in [4.69, 9.17) is 9.84 Å². The Bertz CT molecular complexity index is 1300. The number of benzene rings is 2. The number of nitrogens with one attached hydrogen (secondary N) is 2. The molecule has 0 bridgehead atoms. The summed E-state index contributed by atoms with van der Waals surface area (Å²) in [5.41, 5.74) is 0.833. The molecule has 0 saturated heterocycles. The van der Waals surface area contributed by atoms with Crippen molar-refractivity contribution < 1.29 is 29.2 Å². The Kier molecular flexibility index (Phi) is 7.99. The molecule has 1 aliphatic carbocycles. The van der Waals surface area contributed by atoms with Crippen molar-refractivity contribution in [3.8, 4) is 22.9 Å². The highest BCUT2D eigenvalue weighted by atomic mass is 19.1. The van der Waals surface area contributed by atoms with Crippen molar-refractivity contribution in [1.82, 2.24) is 9.55 Å². The maximum Gasteiger partial charge on any atom is 0.329 e. The lowest BCUT2D eigenvalue weighted by Gasteiger charge is -2.20. The van der Waals surface area contributed by atoms with Gasteiger partial charge in [0.1, 0.15) is 36.0 Å². The molecule has 1 fully saturated rings. The van der Waals surface area contributed by atoms with Gasteiger partial charge in [-0.25, -0.2) is 9.18 Å². The summed E-state index contributed by atoms with van der Waals surface area (Å²) in [6.45, 7) is 3.25. The van der Waals surface area contributed by atoms with E-state index in [0.717, 1.165) is 23.0 Å². The minimum atomic E-state index is -1.08. The number of aliphatic hydroxyl groups is 2. The van der Waals surface area contributed by atoms with E-state index in [-0.39, 0.29) is 30.3 Å². The third-order valence-corrected chi connectivity index (χ3v) is 6.31. The molecule has 1 saturated carbocycles. The van der Waals surface area contributed by atoms with Gasteiger partial charge in [0, 0.05) is 5.56 Å². The Morgan fingerprint density at radius 3 is 2.51 bits per heavy atom. The monoisotopic (exact) mass is 513 g/mol. The topological polar surface area (TPSA) is 137 Å². The third-order valence-electron chi connectivity index (χ3n) is 6.31. The summed E-state index contributed by atoms with van der Waals surface area (Å²) in [4.78, 5) is 28.8. The molecule has 10 heteroatoms. The lowest BCUT2D eigenvalue weighted by molar-refractivity contribution is -0.119. The number of imidazole rings is 1. The van der Waals surface area contributed by atoms with Crippen LogP contribution in [0, 0.1) is 11.7 Å². The van der Waals surface area contributed by atoms with E-state index in [9.17, 15) is 24.2 Å². The molecule has 2 aromatic carbocycles. The van der Waals surface area contributed by atoms with Crippen molar-refractivity contribution in [2.45, 2.75) is 51.2 Å². The highest BCUT2D eigenvalue weighted by Gasteiger charge is 2.30. The standard InChI is InChI=1S/C27H32FN3O6/c1-15(2)11-23(25(34)29-22-10-7-18(12-21(22)28)16-3-4-16)31-26(35)24(30-27(31)36)17-5-8-20(9-6-17)37-14-19(33)13-32/h5-10,12,15-16,19,23,32-33,35H,3-4,11,13-14H2,1-2H3,(H,29,34)(H,30,36)/t19-,23+/m1/s1. The van der Waals surface area contributed by atoms with Crippen molar-refractivity contribution in [3.05, 3.63) is 64.3 Å². The first-order valence-corrected chi connectivity index (χ1v) is 12.3. The van der Waals surface area contributed by atoms with Crippen LogP contribution in [0.15, 0.2) is 47.3 Å². The Morgan fingerprint density at radius 1 is 1.22 bits per heavy atom. The SMILES string of the molecule is CC(C)C[C@@H](C(=O)Nc1ccc(C2CC2)cc1F)n1c(O)c(-c2ccc(OC[C@H](O)CO)cc2)[nH]c1=O. The largest absolute Gasteiger partial charge is 0.493 e. The maximum atomic E-state index is 14.7. The molecule has 0 radical (unpaired) electrons. The number of rotatable bonds is 11. The number of halogens is 1. The van der Waals surface area contributed by atoms with Gasteiger partial charge in [0.15, 0.2) is 0 Å². The fraction of sp³-hybridized carbons (Fsp3) is 0.407. The molecule has 1 amide bonds. The van der Waals surface area contributed by atoms with E-state index in [2.05, 4.69) is 10.3 Å². The van der Waals surface area contributed by atoms with Crippen LogP contribution in [0.3, 0.4) is 0 Å². The number of aromatic nitrogens is 2. The molecule has 198 valence electrons. The molecule has 3 aromatic rings. The number of hydrogen-bond donors (Lipinski definition) is 5. The molecule has 9 nitrogen and oxygen atoms in total. The Morgan fingerprint density at radius 2 is 1.92 bits per heavy atom. The molecule has 4 rings (SSSR count). The van der Waals surface area contributed by atoms with Crippen LogP contribution in [0.5, 0.6) is 11.6 Å². The first kappa shape index (κ1) is 26.4. The number of aromatic amines is 1. The normalized spacial score (nSPS) is 15.0. The molecular formula is C27H32FN3O6. The van der Waals surface area contributed by atoms with E-state index in [0.29, 0.717) is 17.2 Å². The van der Waals surface area contributed by atoms with Crippen molar-refractivity contribution in [1.29, 1.82) is 0 Å². The van der Waals surface area contributed by atoms with Crippen molar-refractivity contribution in [2.75, 3.05) is 18.5 Å². The maximum absolute atomic E-state index is 14.7. The quantitative estimate of drug-likeness (QED) is 0.266. The molecule has 1 aliphatic rings. The Labute approximate surface area is 213 Å². The average Bonchev–Trinajstić information content (AvgIpc) is 3.68. The van der Waals surface area contributed by atoms with Crippen LogP contribution in [0.4, 0.5) is 10.1 Å². The summed E-state index contributed by atoms with van der Waals surface area (Å²) < 4.78 is 21.1. The minimum Gasteiger partial charge on any atom is -0.493 e. The molecule has 37 heavy (non-hydrogen) atoms. The highest BCUT2D eigenvalue weighted by molar-refractivity contribution is 5.94. The summed E-state index contributed by atoms with van der Waals surface area (Å²) in [5, 5.41) is 31.9. The first-order chi connectivity index (χ1) is 17.7. The zero-order valence-electron chi connectivity index (χ0n) is 20.8. The van der Waals surface area contributed by atoms with E-state index < -0.39 is 42.0 Å². The number of nitrogens with zero attached hydrogens (tertiary/aromatic N) is 1. The predicted octanol–water partition coefficient (Wildman–Crippen LogP) is 3.52. The smallest absolute Gasteiger partial charge is 0.329 e.